The number of hydrogen-bond acceptors (Lipinski definition) is 6. The summed E-state index contributed by atoms with van der Waals surface area (Å²) in [6, 6.07) is 11.9. The van der Waals surface area contributed by atoms with Gasteiger partial charge in [-0.25, -0.2) is 0 Å². The number of benzene rings is 1. The summed E-state index contributed by atoms with van der Waals surface area (Å²) in [4.78, 5) is 14.2. The average Bonchev–Trinajstić information content (AvgIpc) is 3.31. The lowest BCUT2D eigenvalue weighted by atomic mass is 10.2. The molecule has 1 N–H and O–H groups in total. The molecule has 27 heavy (non-hydrogen) atoms. The third kappa shape index (κ3) is 4.83. The molecule has 1 aliphatic heterocycles. The summed E-state index contributed by atoms with van der Waals surface area (Å²) in [5.74, 6) is 0.506. The minimum atomic E-state index is -0.273. The van der Waals surface area contributed by atoms with Crippen molar-refractivity contribution in [2.45, 2.75) is 18.9 Å². The van der Waals surface area contributed by atoms with Crippen molar-refractivity contribution in [2.24, 2.45) is 0 Å². The van der Waals surface area contributed by atoms with E-state index in [1.54, 1.807) is 4.90 Å². The first-order valence-electron chi connectivity index (χ1n) is 9.12. The molecule has 1 aromatic carbocycles. The predicted molar refractivity (Wildman–Crippen MR) is 100 cm³/mol. The van der Waals surface area contributed by atoms with Crippen molar-refractivity contribution in [1.82, 2.24) is 15.1 Å². The number of quaternary nitrogens is 1. The number of aromatic nitrogens is 2. The summed E-state index contributed by atoms with van der Waals surface area (Å²) in [6.07, 6.45) is 1.68. The number of carbonyl (C=O) groups excluding carboxylic acids is 1. The van der Waals surface area contributed by atoms with E-state index in [4.69, 9.17) is 9.68 Å². The molecular weight excluding hydrogens is 344 g/mol. The zero-order chi connectivity index (χ0) is 19.3. The third-order valence-corrected chi connectivity index (χ3v) is 4.72. The van der Waals surface area contributed by atoms with Crippen LogP contribution >= 0.6 is 0 Å². The van der Waals surface area contributed by atoms with E-state index >= 15 is 0 Å². The van der Waals surface area contributed by atoms with Gasteiger partial charge in [-0.05, 0) is 25.0 Å². The molecule has 1 aliphatic rings. The highest BCUT2D eigenvalue weighted by molar-refractivity contribution is 5.78. The minimum Gasteiger partial charge on any atom is -0.403 e. The molecule has 0 spiro atoms. The Balaban J connectivity index is 1.49. The van der Waals surface area contributed by atoms with Gasteiger partial charge in [0.15, 0.2) is 6.54 Å². The van der Waals surface area contributed by atoms with Gasteiger partial charge >= 0.3 is 6.01 Å². The van der Waals surface area contributed by atoms with Crippen LogP contribution in [0.5, 0.6) is 0 Å². The van der Waals surface area contributed by atoms with E-state index < -0.39 is 0 Å². The smallest absolute Gasteiger partial charge is 0.315 e. The predicted octanol–water partition coefficient (Wildman–Crippen LogP) is 1.74. The summed E-state index contributed by atoms with van der Waals surface area (Å²) in [5, 5.41) is 20.3. The van der Waals surface area contributed by atoms with Crippen LogP contribution in [0, 0.1) is 11.3 Å². The molecule has 8 nitrogen and oxygen atoms in total. The molecule has 0 aliphatic carbocycles. The van der Waals surface area contributed by atoms with Crippen molar-refractivity contribution in [3.8, 4) is 17.5 Å². The van der Waals surface area contributed by atoms with E-state index in [1.807, 2.05) is 44.4 Å². The van der Waals surface area contributed by atoms with Gasteiger partial charge in [0, 0.05) is 12.1 Å². The molecule has 1 unspecified atom stereocenters. The number of nitrogens with zero attached hydrogens (tertiary/aromatic N) is 5. The maximum Gasteiger partial charge on any atom is 0.315 e. The molecule has 0 bridgehead atoms. The van der Waals surface area contributed by atoms with Gasteiger partial charge in [-0.3, -0.25) is 4.79 Å². The Bertz CT molecular complexity index is 811. The van der Waals surface area contributed by atoms with Crippen LogP contribution < -0.4 is 5.32 Å². The first kappa shape index (κ1) is 18.9. The molecule has 2 heterocycles. The SMILES string of the molecule is C[N+](C)(CCNc1nnc(-c2ccccc2)o1)CC(=O)N1CCCC1C#N. The van der Waals surface area contributed by atoms with Crippen LogP contribution in [0.4, 0.5) is 6.01 Å². The molecule has 0 saturated carbocycles. The van der Waals surface area contributed by atoms with Crippen LogP contribution in [0.1, 0.15) is 12.8 Å². The molecule has 2 aromatic rings. The quantitative estimate of drug-likeness (QED) is 0.747. The van der Waals surface area contributed by atoms with Crippen molar-refractivity contribution in [3.05, 3.63) is 30.3 Å². The Hall–Kier alpha value is -2.92. The van der Waals surface area contributed by atoms with E-state index in [0.717, 1.165) is 18.4 Å². The van der Waals surface area contributed by atoms with Gasteiger partial charge in [0.25, 0.3) is 5.91 Å². The highest BCUT2D eigenvalue weighted by atomic mass is 16.4. The van der Waals surface area contributed by atoms with Crippen molar-refractivity contribution in [3.63, 3.8) is 0 Å². The maximum atomic E-state index is 12.5. The fourth-order valence-electron chi connectivity index (χ4n) is 3.19. The maximum absolute atomic E-state index is 12.5. The Morgan fingerprint density at radius 1 is 1.37 bits per heavy atom. The van der Waals surface area contributed by atoms with E-state index in [9.17, 15) is 4.79 Å². The molecular formula is C19H25N6O2+. The van der Waals surface area contributed by atoms with Gasteiger partial charge in [0.05, 0.1) is 33.3 Å². The number of anilines is 1. The van der Waals surface area contributed by atoms with E-state index in [0.29, 0.717) is 42.6 Å². The van der Waals surface area contributed by atoms with Crippen molar-refractivity contribution in [2.75, 3.05) is 45.6 Å². The molecule has 142 valence electrons. The first-order chi connectivity index (χ1) is 13.0. The highest BCUT2D eigenvalue weighted by Crippen LogP contribution is 2.19. The van der Waals surface area contributed by atoms with Crippen LogP contribution in [-0.4, -0.2) is 71.8 Å². The van der Waals surface area contributed by atoms with Gasteiger partial charge in [-0.15, -0.1) is 5.10 Å². The van der Waals surface area contributed by atoms with Crippen molar-refractivity contribution in [1.29, 1.82) is 5.26 Å². The van der Waals surface area contributed by atoms with Gasteiger partial charge in [-0.2, -0.15) is 5.26 Å². The molecule has 3 rings (SSSR count). The minimum absolute atomic E-state index is 0.0354. The van der Waals surface area contributed by atoms with E-state index in [-0.39, 0.29) is 11.9 Å². The van der Waals surface area contributed by atoms with Gasteiger partial charge in [0.2, 0.25) is 5.89 Å². The van der Waals surface area contributed by atoms with Crippen molar-refractivity contribution < 1.29 is 13.7 Å². The van der Waals surface area contributed by atoms with Gasteiger partial charge in [0.1, 0.15) is 6.04 Å². The molecule has 1 fully saturated rings. The molecule has 8 heteroatoms. The van der Waals surface area contributed by atoms with E-state index in [2.05, 4.69) is 21.6 Å². The number of nitriles is 1. The molecule has 1 aromatic heterocycles. The van der Waals surface area contributed by atoms with Crippen LogP contribution in [0.2, 0.25) is 0 Å². The number of hydrogen-bond donors (Lipinski definition) is 1. The summed E-state index contributed by atoms with van der Waals surface area (Å²) < 4.78 is 6.14. The normalized spacial score (nSPS) is 16.9. The first-order valence-corrected chi connectivity index (χ1v) is 9.12. The summed E-state index contributed by atoms with van der Waals surface area (Å²) in [7, 11) is 4.00. The number of likely N-dealkylation sites (N-methyl/N-ethyl adjacent to an activating group) is 1. The number of carbonyl (C=O) groups is 1. The molecule has 1 atom stereocenters. The number of likely N-dealkylation sites (tertiary alicyclic amines) is 1. The number of amides is 1. The standard InChI is InChI=1S/C19H25N6O2/c1-25(2,14-17(26)24-11-6-9-16(24)13-20)12-10-21-19-23-22-18(27-19)15-7-4-3-5-8-15/h3-5,7-8,16H,6,9-12,14H2,1-2H3,(H,21,23)/q+1. The van der Waals surface area contributed by atoms with Crippen LogP contribution in [0.25, 0.3) is 11.5 Å². The average molecular weight is 369 g/mol. The largest absolute Gasteiger partial charge is 0.403 e. The second-order valence-corrected chi connectivity index (χ2v) is 7.40. The Morgan fingerprint density at radius 2 is 2.15 bits per heavy atom. The zero-order valence-corrected chi connectivity index (χ0v) is 15.8. The lowest BCUT2D eigenvalue weighted by Crippen LogP contribution is -2.51. The summed E-state index contributed by atoms with van der Waals surface area (Å²) >= 11 is 0. The van der Waals surface area contributed by atoms with Crippen molar-refractivity contribution >= 4 is 11.9 Å². The van der Waals surface area contributed by atoms with Crippen LogP contribution in [0.15, 0.2) is 34.7 Å². The fourth-order valence-corrected chi connectivity index (χ4v) is 3.19. The number of rotatable bonds is 7. The second kappa shape index (κ2) is 8.18. The zero-order valence-electron chi connectivity index (χ0n) is 15.8. The van der Waals surface area contributed by atoms with Gasteiger partial charge < -0.3 is 19.1 Å². The van der Waals surface area contributed by atoms with Gasteiger partial charge in [-0.1, -0.05) is 23.3 Å². The molecule has 1 amide bonds. The fraction of sp³-hybridized carbons (Fsp3) is 0.474. The summed E-state index contributed by atoms with van der Waals surface area (Å²) in [5.41, 5.74) is 0.873. The molecule has 1 saturated heterocycles. The topological polar surface area (TPSA) is 95.1 Å². The van der Waals surface area contributed by atoms with Crippen LogP contribution in [0.3, 0.4) is 0 Å². The highest BCUT2D eigenvalue weighted by Gasteiger charge is 2.32. The lowest BCUT2D eigenvalue weighted by Gasteiger charge is -2.31. The summed E-state index contributed by atoms with van der Waals surface area (Å²) in [6.45, 7) is 2.34. The molecule has 0 radical (unpaired) electrons. The Kier molecular flexibility index (Phi) is 5.72. The third-order valence-electron chi connectivity index (χ3n) is 4.72. The van der Waals surface area contributed by atoms with E-state index in [1.165, 1.54) is 0 Å². The number of nitrogens with one attached hydrogen (secondary N) is 1. The Labute approximate surface area is 159 Å². The lowest BCUT2D eigenvalue weighted by molar-refractivity contribution is -0.881. The Morgan fingerprint density at radius 3 is 2.89 bits per heavy atom. The second-order valence-electron chi connectivity index (χ2n) is 7.40. The van der Waals surface area contributed by atoms with Crippen LogP contribution in [-0.2, 0) is 4.79 Å². The monoisotopic (exact) mass is 369 g/mol.